The van der Waals surface area contributed by atoms with Crippen LogP contribution in [-0.2, 0) is 14.8 Å². The first kappa shape index (κ1) is 17.5. The third-order valence-electron chi connectivity index (χ3n) is 4.50. The molecule has 0 aromatic carbocycles. The molecule has 1 atom stereocenters. The molecule has 0 amide bonds. The minimum absolute atomic E-state index is 0.161. The van der Waals surface area contributed by atoms with Crippen LogP contribution in [0.15, 0.2) is 12.4 Å². The van der Waals surface area contributed by atoms with E-state index < -0.39 is 21.4 Å². The van der Waals surface area contributed by atoms with Gasteiger partial charge in [0.25, 0.3) is 0 Å². The Hall–Kier alpha value is -1.32. The third kappa shape index (κ3) is 3.68. The first-order valence-electron chi connectivity index (χ1n) is 8.28. The van der Waals surface area contributed by atoms with Gasteiger partial charge in [0.2, 0.25) is 16.0 Å². The maximum Gasteiger partial charge on any atom is 0.225 e. The second-order valence-electron chi connectivity index (χ2n) is 6.41. The highest BCUT2D eigenvalue weighted by Crippen LogP contribution is 2.31. The normalized spacial score (nSPS) is 26.0. The van der Waals surface area contributed by atoms with Gasteiger partial charge in [-0.3, -0.25) is 0 Å². The summed E-state index contributed by atoms with van der Waals surface area (Å²) in [6, 6.07) is 0. The average molecular weight is 358 g/mol. The Morgan fingerprint density at radius 2 is 2.04 bits per heavy atom. The van der Waals surface area contributed by atoms with Gasteiger partial charge in [0.1, 0.15) is 0 Å². The minimum atomic E-state index is -3.24. The molecule has 0 radical (unpaired) electrons. The summed E-state index contributed by atoms with van der Waals surface area (Å²) >= 11 is 0. The molecule has 2 fully saturated rings. The fourth-order valence-electron chi connectivity index (χ4n) is 3.42. The van der Waals surface area contributed by atoms with Crippen LogP contribution in [0.1, 0.15) is 26.2 Å². The van der Waals surface area contributed by atoms with Crippen LogP contribution >= 0.6 is 0 Å². The number of ether oxygens (including phenoxy) is 1. The van der Waals surface area contributed by atoms with E-state index in [1.54, 1.807) is 4.31 Å². The van der Waals surface area contributed by atoms with Crippen molar-refractivity contribution >= 4 is 16.0 Å². The number of anilines is 1. The molecule has 2 aliphatic rings. The Balaban J connectivity index is 1.76. The zero-order valence-corrected chi connectivity index (χ0v) is 14.6. The molecule has 9 heteroatoms. The number of rotatable bonds is 4. The number of piperidine rings is 1. The first-order valence-corrected chi connectivity index (χ1v) is 9.89. The summed E-state index contributed by atoms with van der Waals surface area (Å²) in [4.78, 5) is 10.0. The molecule has 2 saturated heterocycles. The van der Waals surface area contributed by atoms with Crippen LogP contribution in [0.4, 0.5) is 10.3 Å². The van der Waals surface area contributed by atoms with Crippen molar-refractivity contribution in [3.63, 3.8) is 0 Å². The molecule has 0 N–H and O–H groups in total. The molecule has 134 valence electrons. The second kappa shape index (κ2) is 6.89. The van der Waals surface area contributed by atoms with Crippen LogP contribution in [0.5, 0.6) is 0 Å². The van der Waals surface area contributed by atoms with Crippen LogP contribution in [0, 0.1) is 5.82 Å². The van der Waals surface area contributed by atoms with Gasteiger partial charge in [0, 0.05) is 19.6 Å². The fourth-order valence-corrected chi connectivity index (χ4v) is 4.98. The summed E-state index contributed by atoms with van der Waals surface area (Å²) < 4.78 is 45.4. The molecule has 0 unspecified atom stereocenters. The quantitative estimate of drug-likeness (QED) is 0.800. The molecule has 3 rings (SSSR count). The van der Waals surface area contributed by atoms with Gasteiger partial charge in [-0.15, -0.1) is 0 Å². The van der Waals surface area contributed by atoms with Gasteiger partial charge in [0.05, 0.1) is 36.9 Å². The van der Waals surface area contributed by atoms with Gasteiger partial charge < -0.3 is 9.64 Å². The molecule has 2 aliphatic heterocycles. The van der Waals surface area contributed by atoms with E-state index in [1.807, 2.05) is 11.8 Å². The number of halogens is 1. The summed E-state index contributed by atoms with van der Waals surface area (Å²) in [5.74, 6) is 0.136. The Labute approximate surface area is 141 Å². The predicted molar refractivity (Wildman–Crippen MR) is 87.8 cm³/mol. The van der Waals surface area contributed by atoms with Crippen LogP contribution < -0.4 is 4.90 Å². The predicted octanol–water partition coefficient (Wildman–Crippen LogP) is 1.03. The summed E-state index contributed by atoms with van der Waals surface area (Å²) in [5.41, 5.74) is -0.547. The molecule has 0 bridgehead atoms. The number of nitrogens with zero attached hydrogens (tertiary/aromatic N) is 4. The molecule has 1 spiro atoms. The van der Waals surface area contributed by atoms with Gasteiger partial charge >= 0.3 is 0 Å². The zero-order valence-electron chi connectivity index (χ0n) is 13.8. The number of hydrogen-bond acceptors (Lipinski definition) is 6. The zero-order chi connectivity index (χ0) is 17.2. The van der Waals surface area contributed by atoms with Crippen molar-refractivity contribution in [1.29, 1.82) is 0 Å². The summed E-state index contributed by atoms with van der Waals surface area (Å²) in [6.45, 7) is 4.27. The lowest BCUT2D eigenvalue weighted by Crippen LogP contribution is -2.61. The van der Waals surface area contributed by atoms with E-state index >= 15 is 0 Å². The van der Waals surface area contributed by atoms with Crippen LogP contribution in [0.3, 0.4) is 0 Å². The first-order chi connectivity index (χ1) is 11.4. The summed E-state index contributed by atoms with van der Waals surface area (Å²) in [5, 5.41) is 0. The van der Waals surface area contributed by atoms with E-state index in [0.29, 0.717) is 38.6 Å². The van der Waals surface area contributed by atoms with Crippen molar-refractivity contribution < 1.29 is 17.5 Å². The second-order valence-corrected chi connectivity index (χ2v) is 8.50. The van der Waals surface area contributed by atoms with Gasteiger partial charge in [-0.05, 0) is 19.3 Å². The lowest BCUT2D eigenvalue weighted by molar-refractivity contribution is -0.0951. The van der Waals surface area contributed by atoms with Gasteiger partial charge in [-0.1, -0.05) is 6.92 Å². The number of morpholine rings is 1. The third-order valence-corrected chi connectivity index (χ3v) is 6.52. The molecular formula is C15H23FN4O3S. The lowest BCUT2D eigenvalue weighted by atomic mass is 9.91. The Morgan fingerprint density at radius 1 is 1.29 bits per heavy atom. The van der Waals surface area contributed by atoms with E-state index in [1.165, 1.54) is 0 Å². The molecule has 1 aromatic heterocycles. The topological polar surface area (TPSA) is 75.6 Å². The van der Waals surface area contributed by atoms with Crippen LogP contribution in [-0.4, -0.2) is 66.8 Å². The van der Waals surface area contributed by atoms with Crippen molar-refractivity contribution in [3.8, 4) is 0 Å². The van der Waals surface area contributed by atoms with Gasteiger partial charge in [-0.25, -0.2) is 22.8 Å². The number of aromatic nitrogens is 2. The van der Waals surface area contributed by atoms with E-state index in [4.69, 9.17) is 4.74 Å². The van der Waals surface area contributed by atoms with E-state index in [0.717, 1.165) is 31.8 Å². The number of hydrogen-bond donors (Lipinski definition) is 0. The molecule has 1 aromatic rings. The minimum Gasteiger partial charge on any atom is -0.370 e. The smallest absolute Gasteiger partial charge is 0.225 e. The van der Waals surface area contributed by atoms with Crippen molar-refractivity contribution in [2.75, 3.05) is 43.4 Å². The standard InChI is InChI=1S/C15H23FN4O3S/c1-2-8-24(21,22)20-6-7-23-15(12-20)4-3-5-19(11-15)14-17-9-13(16)10-18-14/h9-10H,2-8,11-12H2,1H3/t15-/m0/s1. The molecule has 0 saturated carbocycles. The van der Waals surface area contributed by atoms with Crippen molar-refractivity contribution in [3.05, 3.63) is 18.2 Å². The van der Waals surface area contributed by atoms with Crippen molar-refractivity contribution in [2.45, 2.75) is 31.8 Å². The molecule has 24 heavy (non-hydrogen) atoms. The molecular weight excluding hydrogens is 335 g/mol. The summed E-state index contributed by atoms with van der Waals surface area (Å²) in [6.07, 6.45) is 4.53. The maximum absolute atomic E-state index is 13.0. The Bertz CT molecular complexity index is 666. The molecule has 0 aliphatic carbocycles. The lowest BCUT2D eigenvalue weighted by Gasteiger charge is -2.47. The van der Waals surface area contributed by atoms with Gasteiger partial charge in [-0.2, -0.15) is 4.31 Å². The molecule has 7 nitrogen and oxygen atoms in total. The van der Waals surface area contributed by atoms with Crippen LogP contribution in [0.2, 0.25) is 0 Å². The van der Waals surface area contributed by atoms with Crippen molar-refractivity contribution in [1.82, 2.24) is 14.3 Å². The monoisotopic (exact) mass is 358 g/mol. The Kier molecular flexibility index (Phi) is 5.03. The van der Waals surface area contributed by atoms with Gasteiger partial charge in [0.15, 0.2) is 5.82 Å². The summed E-state index contributed by atoms with van der Waals surface area (Å²) in [7, 11) is -3.24. The van der Waals surface area contributed by atoms with E-state index in [-0.39, 0.29) is 5.75 Å². The number of sulfonamides is 1. The maximum atomic E-state index is 13.0. The highest BCUT2D eigenvalue weighted by atomic mass is 32.2. The fraction of sp³-hybridized carbons (Fsp3) is 0.733. The van der Waals surface area contributed by atoms with Crippen molar-refractivity contribution in [2.24, 2.45) is 0 Å². The van der Waals surface area contributed by atoms with E-state index in [9.17, 15) is 12.8 Å². The average Bonchev–Trinajstić information content (AvgIpc) is 2.55. The highest BCUT2D eigenvalue weighted by molar-refractivity contribution is 7.89. The Morgan fingerprint density at radius 3 is 2.75 bits per heavy atom. The van der Waals surface area contributed by atoms with E-state index in [2.05, 4.69) is 9.97 Å². The largest absolute Gasteiger partial charge is 0.370 e. The SMILES string of the molecule is CCCS(=O)(=O)N1CCO[C@]2(CCCN(c3ncc(F)cn3)C2)C1. The van der Waals surface area contributed by atoms with Crippen LogP contribution in [0.25, 0.3) is 0 Å². The highest BCUT2D eigenvalue weighted by Gasteiger charge is 2.43. The molecule has 3 heterocycles.